The van der Waals surface area contributed by atoms with E-state index in [1.165, 1.54) is 17.4 Å². The quantitative estimate of drug-likeness (QED) is 0.692. The molecule has 3 aromatic rings. The number of rotatable bonds is 2. The zero-order valence-corrected chi connectivity index (χ0v) is 14.5. The van der Waals surface area contributed by atoms with Crippen LogP contribution < -0.4 is 4.90 Å². The van der Waals surface area contributed by atoms with E-state index in [1.54, 1.807) is 17.2 Å². The fraction of sp³-hybridized carbons (Fsp3) is 0.211. The number of para-hydroxylation sites is 1. The summed E-state index contributed by atoms with van der Waals surface area (Å²) in [4.78, 5) is 24.0. The Morgan fingerprint density at radius 1 is 1.24 bits per heavy atom. The van der Waals surface area contributed by atoms with Gasteiger partial charge >= 0.3 is 0 Å². The molecule has 0 spiro atoms. The molecule has 25 heavy (non-hydrogen) atoms. The third-order valence-electron chi connectivity index (χ3n) is 4.29. The van der Waals surface area contributed by atoms with E-state index in [-0.39, 0.29) is 11.7 Å². The van der Waals surface area contributed by atoms with Gasteiger partial charge in [-0.3, -0.25) is 9.78 Å². The highest BCUT2D eigenvalue weighted by atomic mass is 32.1. The Labute approximate surface area is 149 Å². The number of fused-ring (bicyclic) bond motifs is 1. The summed E-state index contributed by atoms with van der Waals surface area (Å²) in [6, 6.07) is 10.6. The van der Waals surface area contributed by atoms with Crippen LogP contribution in [0, 0.1) is 12.7 Å². The number of benzene rings is 1. The number of nitrogens with zero attached hydrogens (tertiary/aromatic N) is 3. The van der Waals surface area contributed by atoms with Crippen LogP contribution in [0.2, 0.25) is 0 Å². The molecular formula is C19H16FN3OS. The van der Waals surface area contributed by atoms with Gasteiger partial charge in [0, 0.05) is 12.7 Å². The Balaban J connectivity index is 1.73. The molecule has 0 fully saturated rings. The number of anilines is 1. The third-order valence-corrected chi connectivity index (χ3v) is 5.46. The van der Waals surface area contributed by atoms with E-state index in [9.17, 15) is 9.18 Å². The van der Waals surface area contributed by atoms with E-state index in [1.807, 2.05) is 31.2 Å². The SMILES string of the molecule is Cc1nc(-c2ccccn2)sc1C(=O)N1CCCc2cccc(F)c21. The number of amides is 1. The van der Waals surface area contributed by atoms with Crippen LogP contribution >= 0.6 is 11.3 Å². The molecule has 1 aliphatic rings. The molecule has 6 heteroatoms. The Kier molecular flexibility index (Phi) is 4.05. The van der Waals surface area contributed by atoms with E-state index in [0.29, 0.717) is 27.8 Å². The van der Waals surface area contributed by atoms with Gasteiger partial charge in [-0.2, -0.15) is 0 Å². The van der Waals surface area contributed by atoms with E-state index in [2.05, 4.69) is 9.97 Å². The van der Waals surface area contributed by atoms with Crippen LogP contribution in [0.25, 0.3) is 10.7 Å². The van der Waals surface area contributed by atoms with Crippen molar-refractivity contribution in [2.75, 3.05) is 11.4 Å². The minimum absolute atomic E-state index is 0.191. The minimum atomic E-state index is -0.349. The molecule has 4 rings (SSSR count). The van der Waals surface area contributed by atoms with Crippen LogP contribution in [0.1, 0.15) is 27.3 Å². The number of carbonyl (C=O) groups excluding carboxylic acids is 1. The van der Waals surface area contributed by atoms with Crippen molar-refractivity contribution in [1.29, 1.82) is 0 Å². The van der Waals surface area contributed by atoms with Crippen molar-refractivity contribution in [2.45, 2.75) is 19.8 Å². The molecule has 0 unspecified atom stereocenters. The van der Waals surface area contributed by atoms with Crippen LogP contribution in [0.5, 0.6) is 0 Å². The van der Waals surface area contributed by atoms with Crippen molar-refractivity contribution in [3.63, 3.8) is 0 Å². The summed E-state index contributed by atoms with van der Waals surface area (Å²) in [5, 5.41) is 0.701. The topological polar surface area (TPSA) is 46.1 Å². The first-order valence-corrected chi connectivity index (χ1v) is 8.95. The minimum Gasteiger partial charge on any atom is -0.305 e. The number of halogens is 1. The lowest BCUT2D eigenvalue weighted by atomic mass is 10.0. The molecule has 126 valence electrons. The van der Waals surface area contributed by atoms with Crippen LogP contribution in [0.15, 0.2) is 42.6 Å². The zero-order valence-electron chi connectivity index (χ0n) is 13.7. The maximum Gasteiger partial charge on any atom is 0.270 e. The van der Waals surface area contributed by atoms with Crippen molar-refractivity contribution in [3.8, 4) is 10.7 Å². The summed E-state index contributed by atoms with van der Waals surface area (Å²) >= 11 is 1.31. The van der Waals surface area contributed by atoms with E-state index < -0.39 is 0 Å². The Morgan fingerprint density at radius 3 is 2.92 bits per heavy atom. The Morgan fingerprint density at radius 2 is 2.12 bits per heavy atom. The first kappa shape index (κ1) is 15.9. The second-order valence-corrected chi connectivity index (χ2v) is 6.96. The number of thiazole rings is 1. The van der Waals surface area contributed by atoms with Gasteiger partial charge < -0.3 is 4.90 Å². The number of hydrogen-bond donors (Lipinski definition) is 0. The predicted octanol–water partition coefficient (Wildman–Crippen LogP) is 4.25. The van der Waals surface area contributed by atoms with Gasteiger partial charge in [-0.05, 0) is 43.5 Å². The molecule has 0 saturated carbocycles. The van der Waals surface area contributed by atoms with Gasteiger partial charge in [0.1, 0.15) is 15.7 Å². The summed E-state index contributed by atoms with van der Waals surface area (Å²) in [5.74, 6) is -0.541. The lowest BCUT2D eigenvalue weighted by molar-refractivity contribution is 0.0987. The summed E-state index contributed by atoms with van der Waals surface area (Å²) in [5.41, 5.74) is 2.68. The molecule has 0 bridgehead atoms. The van der Waals surface area contributed by atoms with E-state index in [4.69, 9.17) is 0 Å². The Bertz CT molecular complexity index is 939. The Hall–Kier alpha value is -2.60. The second-order valence-electron chi connectivity index (χ2n) is 5.96. The van der Waals surface area contributed by atoms with Gasteiger partial charge in [-0.15, -0.1) is 11.3 Å². The molecule has 1 aliphatic heterocycles. The van der Waals surface area contributed by atoms with Gasteiger partial charge in [-0.1, -0.05) is 18.2 Å². The second kappa shape index (κ2) is 6.37. The fourth-order valence-corrected chi connectivity index (χ4v) is 4.11. The average Bonchev–Trinajstić information content (AvgIpc) is 3.03. The van der Waals surface area contributed by atoms with Gasteiger partial charge in [0.2, 0.25) is 0 Å². The fourth-order valence-electron chi connectivity index (χ4n) is 3.12. The average molecular weight is 353 g/mol. The third kappa shape index (κ3) is 2.82. The van der Waals surface area contributed by atoms with E-state index in [0.717, 1.165) is 24.1 Å². The van der Waals surface area contributed by atoms with Crippen molar-refractivity contribution >= 4 is 22.9 Å². The molecular weight excluding hydrogens is 337 g/mol. The lowest BCUT2D eigenvalue weighted by Crippen LogP contribution is -2.36. The molecule has 0 aliphatic carbocycles. The first-order valence-electron chi connectivity index (χ1n) is 8.13. The lowest BCUT2D eigenvalue weighted by Gasteiger charge is -2.29. The molecule has 0 radical (unpaired) electrons. The number of hydrogen-bond acceptors (Lipinski definition) is 4. The highest BCUT2D eigenvalue weighted by Gasteiger charge is 2.29. The van der Waals surface area contributed by atoms with Crippen LogP contribution in [-0.2, 0) is 6.42 Å². The highest BCUT2D eigenvalue weighted by molar-refractivity contribution is 7.17. The van der Waals surface area contributed by atoms with Crippen LogP contribution in [-0.4, -0.2) is 22.4 Å². The smallest absolute Gasteiger partial charge is 0.270 e. The van der Waals surface area contributed by atoms with Crippen molar-refractivity contribution < 1.29 is 9.18 Å². The molecule has 4 nitrogen and oxygen atoms in total. The summed E-state index contributed by atoms with van der Waals surface area (Å²) in [6.45, 7) is 2.32. The summed E-state index contributed by atoms with van der Waals surface area (Å²) in [6.07, 6.45) is 3.31. The van der Waals surface area contributed by atoms with Crippen LogP contribution in [0.4, 0.5) is 10.1 Å². The van der Waals surface area contributed by atoms with Crippen molar-refractivity contribution in [2.24, 2.45) is 0 Å². The monoisotopic (exact) mass is 353 g/mol. The molecule has 2 aromatic heterocycles. The molecule has 0 atom stereocenters. The van der Waals surface area contributed by atoms with Gasteiger partial charge in [0.25, 0.3) is 5.91 Å². The number of aromatic nitrogens is 2. The molecule has 1 aromatic carbocycles. The van der Waals surface area contributed by atoms with E-state index >= 15 is 0 Å². The largest absolute Gasteiger partial charge is 0.305 e. The number of carbonyl (C=O) groups is 1. The van der Waals surface area contributed by atoms with Gasteiger partial charge in [-0.25, -0.2) is 9.37 Å². The zero-order chi connectivity index (χ0) is 17.4. The van der Waals surface area contributed by atoms with Crippen LogP contribution in [0.3, 0.4) is 0 Å². The number of pyridine rings is 1. The molecule has 3 heterocycles. The standard InChI is InChI=1S/C19H16FN3OS/c1-12-17(25-18(22-12)15-9-2-3-10-21-15)19(24)23-11-5-7-13-6-4-8-14(20)16(13)23/h2-4,6,8-10H,5,7,11H2,1H3. The number of aryl methyl sites for hydroxylation is 2. The van der Waals surface area contributed by atoms with Crippen molar-refractivity contribution in [1.82, 2.24) is 9.97 Å². The molecule has 1 amide bonds. The van der Waals surface area contributed by atoms with Crippen molar-refractivity contribution in [3.05, 3.63) is 64.5 Å². The highest BCUT2D eigenvalue weighted by Crippen LogP contribution is 2.34. The predicted molar refractivity (Wildman–Crippen MR) is 96.5 cm³/mol. The maximum absolute atomic E-state index is 14.4. The first-order chi connectivity index (χ1) is 12.1. The normalized spacial score (nSPS) is 13.6. The molecule has 0 N–H and O–H groups in total. The maximum atomic E-state index is 14.4. The summed E-state index contributed by atoms with van der Waals surface area (Å²) in [7, 11) is 0. The molecule has 0 saturated heterocycles. The van der Waals surface area contributed by atoms with Gasteiger partial charge in [0.05, 0.1) is 17.1 Å². The van der Waals surface area contributed by atoms with Gasteiger partial charge in [0.15, 0.2) is 0 Å². The summed E-state index contributed by atoms with van der Waals surface area (Å²) < 4.78 is 14.4.